The van der Waals surface area contributed by atoms with Crippen LogP contribution in [0, 0.1) is 13.8 Å². The zero-order valence-corrected chi connectivity index (χ0v) is 16.6. The Morgan fingerprint density at radius 3 is 2.48 bits per heavy atom. The van der Waals surface area contributed by atoms with Crippen LogP contribution in [0.5, 0.6) is 0 Å². The van der Waals surface area contributed by atoms with Gasteiger partial charge in [-0.15, -0.1) is 0 Å². The van der Waals surface area contributed by atoms with Crippen LogP contribution in [0.2, 0.25) is 0 Å². The third-order valence-corrected chi connectivity index (χ3v) is 5.20. The van der Waals surface area contributed by atoms with E-state index < -0.39 is 0 Å². The van der Waals surface area contributed by atoms with Crippen LogP contribution in [-0.4, -0.2) is 59.7 Å². The Hall–Kier alpha value is -2.44. The fraction of sp³-hybridized carbons (Fsp3) is 0.429. The summed E-state index contributed by atoms with van der Waals surface area (Å²) in [5.41, 5.74) is 4.43. The lowest BCUT2D eigenvalue weighted by atomic mass is 10.1. The van der Waals surface area contributed by atoms with E-state index in [4.69, 9.17) is 0 Å². The number of likely N-dealkylation sites (N-methyl/N-ethyl adjacent to an activating group) is 1. The molecule has 0 aliphatic carbocycles. The number of piperazine rings is 1. The highest BCUT2D eigenvalue weighted by Gasteiger charge is 2.20. The number of hydrogen-bond acceptors (Lipinski definition) is 4. The average molecular weight is 368 g/mol. The number of amides is 1. The van der Waals surface area contributed by atoms with Crippen molar-refractivity contribution in [2.75, 3.05) is 38.5 Å². The van der Waals surface area contributed by atoms with Gasteiger partial charge in [-0.05, 0) is 51.1 Å². The van der Waals surface area contributed by atoms with Crippen molar-refractivity contribution in [3.05, 3.63) is 52.3 Å². The largest absolute Gasteiger partial charge is 0.354 e. The highest BCUT2D eigenvalue weighted by Crippen LogP contribution is 2.20. The molecule has 1 aromatic carbocycles. The van der Waals surface area contributed by atoms with Crippen molar-refractivity contribution in [1.82, 2.24) is 14.8 Å². The Bertz CT molecular complexity index is 848. The van der Waals surface area contributed by atoms with Crippen LogP contribution in [0.3, 0.4) is 0 Å². The van der Waals surface area contributed by atoms with Crippen molar-refractivity contribution < 1.29 is 9.59 Å². The number of carbonyl (C=O) groups excluding carboxylic acids is 2. The van der Waals surface area contributed by atoms with Gasteiger partial charge in [0.05, 0.1) is 0 Å². The summed E-state index contributed by atoms with van der Waals surface area (Å²) < 4.78 is 0. The zero-order chi connectivity index (χ0) is 19.6. The molecule has 6 nitrogen and oxygen atoms in total. The summed E-state index contributed by atoms with van der Waals surface area (Å²) in [5.74, 6) is -0.255. The van der Waals surface area contributed by atoms with Crippen molar-refractivity contribution in [2.45, 2.75) is 27.3 Å². The molecule has 6 heteroatoms. The lowest BCUT2D eigenvalue weighted by molar-refractivity contribution is 0.101. The second-order valence-electron chi connectivity index (χ2n) is 7.42. The van der Waals surface area contributed by atoms with Gasteiger partial charge in [0.2, 0.25) is 0 Å². The number of nitrogens with zero attached hydrogens (tertiary/aromatic N) is 2. The van der Waals surface area contributed by atoms with Gasteiger partial charge in [-0.1, -0.05) is 12.1 Å². The van der Waals surface area contributed by atoms with Crippen LogP contribution >= 0.6 is 0 Å². The molecule has 1 saturated heterocycles. The van der Waals surface area contributed by atoms with Gasteiger partial charge in [0.15, 0.2) is 5.78 Å². The molecule has 27 heavy (non-hydrogen) atoms. The van der Waals surface area contributed by atoms with E-state index in [9.17, 15) is 9.59 Å². The number of aryl methyl sites for hydroxylation is 1. The Morgan fingerprint density at radius 1 is 1.15 bits per heavy atom. The van der Waals surface area contributed by atoms with Gasteiger partial charge in [0.25, 0.3) is 5.91 Å². The molecule has 0 spiro atoms. The number of Topliss-reactive ketones (excluding diaryl/α,β-unsaturated/α-hetero) is 1. The van der Waals surface area contributed by atoms with Gasteiger partial charge in [-0.3, -0.25) is 14.5 Å². The molecule has 1 aliphatic rings. The smallest absolute Gasteiger partial charge is 0.272 e. The minimum absolute atomic E-state index is 0.0329. The lowest BCUT2D eigenvalue weighted by Gasteiger charge is -2.32. The van der Waals surface area contributed by atoms with Crippen molar-refractivity contribution in [3.8, 4) is 0 Å². The summed E-state index contributed by atoms with van der Waals surface area (Å²) in [7, 11) is 2.15. The topological polar surface area (TPSA) is 68.4 Å². The number of aromatic amines is 1. The van der Waals surface area contributed by atoms with Crippen molar-refractivity contribution >= 4 is 17.4 Å². The molecular formula is C21H28N4O2. The number of rotatable bonds is 5. The molecule has 1 amide bonds. The third kappa shape index (κ3) is 4.46. The number of H-pyrrole nitrogens is 1. The summed E-state index contributed by atoms with van der Waals surface area (Å²) in [6.07, 6.45) is 0. The quantitative estimate of drug-likeness (QED) is 0.797. The Morgan fingerprint density at radius 2 is 1.85 bits per heavy atom. The van der Waals surface area contributed by atoms with Crippen LogP contribution in [-0.2, 0) is 6.54 Å². The number of anilines is 1. The van der Waals surface area contributed by atoms with Gasteiger partial charge < -0.3 is 15.2 Å². The summed E-state index contributed by atoms with van der Waals surface area (Å²) in [6.45, 7) is 10.3. The molecule has 3 rings (SSSR count). The molecule has 1 aliphatic heterocycles. The minimum Gasteiger partial charge on any atom is -0.354 e. The molecule has 144 valence electrons. The average Bonchev–Trinajstić information content (AvgIpc) is 2.92. The first-order chi connectivity index (χ1) is 12.8. The first-order valence-corrected chi connectivity index (χ1v) is 9.36. The molecule has 0 radical (unpaired) electrons. The highest BCUT2D eigenvalue weighted by molar-refractivity contribution is 6.07. The predicted molar refractivity (Wildman–Crippen MR) is 107 cm³/mol. The number of ketones is 1. The third-order valence-electron chi connectivity index (χ3n) is 5.20. The van der Waals surface area contributed by atoms with Gasteiger partial charge >= 0.3 is 0 Å². The second-order valence-corrected chi connectivity index (χ2v) is 7.42. The van der Waals surface area contributed by atoms with Crippen LogP contribution in [0.15, 0.2) is 24.3 Å². The molecule has 0 unspecified atom stereocenters. The zero-order valence-electron chi connectivity index (χ0n) is 16.6. The molecule has 0 atom stereocenters. The summed E-state index contributed by atoms with van der Waals surface area (Å²) >= 11 is 0. The monoisotopic (exact) mass is 368 g/mol. The first kappa shape index (κ1) is 19.3. The molecule has 0 bridgehead atoms. The first-order valence-electron chi connectivity index (χ1n) is 9.36. The fourth-order valence-electron chi connectivity index (χ4n) is 3.71. The molecule has 2 aromatic rings. The second kappa shape index (κ2) is 8.06. The molecule has 0 saturated carbocycles. The van der Waals surface area contributed by atoms with E-state index in [1.165, 1.54) is 12.5 Å². The maximum Gasteiger partial charge on any atom is 0.272 e. The maximum absolute atomic E-state index is 12.7. The van der Waals surface area contributed by atoms with Crippen LogP contribution in [0.4, 0.5) is 5.69 Å². The Kier molecular flexibility index (Phi) is 5.77. The van der Waals surface area contributed by atoms with Gasteiger partial charge in [0, 0.05) is 49.7 Å². The maximum atomic E-state index is 12.7. The van der Waals surface area contributed by atoms with Gasteiger partial charge in [-0.2, -0.15) is 0 Å². The molecule has 2 heterocycles. The number of carbonyl (C=O) groups is 2. The Labute approximate surface area is 160 Å². The highest BCUT2D eigenvalue weighted by atomic mass is 16.2. The van der Waals surface area contributed by atoms with Crippen molar-refractivity contribution in [1.29, 1.82) is 0 Å². The van der Waals surface area contributed by atoms with Gasteiger partial charge in [-0.25, -0.2) is 0 Å². The predicted octanol–water partition coefficient (Wildman–Crippen LogP) is 2.83. The fourth-order valence-corrected chi connectivity index (χ4v) is 3.71. The molecular weight excluding hydrogens is 340 g/mol. The van der Waals surface area contributed by atoms with Crippen LogP contribution in [0.1, 0.15) is 44.6 Å². The number of hydrogen-bond donors (Lipinski definition) is 2. The Balaban J connectivity index is 1.70. The number of benzene rings is 1. The molecule has 1 fully saturated rings. The summed E-state index contributed by atoms with van der Waals surface area (Å²) in [6, 6.07) is 7.97. The van der Waals surface area contributed by atoms with Crippen LogP contribution < -0.4 is 5.32 Å². The van der Waals surface area contributed by atoms with Crippen molar-refractivity contribution in [3.63, 3.8) is 0 Å². The summed E-state index contributed by atoms with van der Waals surface area (Å²) in [5, 5.41) is 2.95. The normalized spacial score (nSPS) is 15.7. The van der Waals surface area contributed by atoms with E-state index >= 15 is 0 Å². The SMILES string of the molecule is CC(=O)c1c(C)[nH]c(C(=O)Nc2cccc(CN3CCN(C)CC3)c2)c1C. The number of nitrogens with one attached hydrogen (secondary N) is 2. The van der Waals surface area contributed by atoms with E-state index in [1.54, 1.807) is 6.92 Å². The van der Waals surface area contributed by atoms with Gasteiger partial charge in [0.1, 0.15) is 5.69 Å². The van der Waals surface area contributed by atoms with E-state index in [0.29, 0.717) is 16.8 Å². The van der Waals surface area contributed by atoms with Crippen LogP contribution in [0.25, 0.3) is 0 Å². The minimum atomic E-state index is -0.222. The van der Waals surface area contributed by atoms with E-state index in [2.05, 4.69) is 33.2 Å². The molecule has 2 N–H and O–H groups in total. The standard InChI is InChI=1S/C21H28N4O2/c1-14-19(16(3)26)15(2)22-20(14)21(27)23-18-7-5-6-17(12-18)13-25-10-8-24(4)9-11-25/h5-7,12,22H,8-11,13H2,1-4H3,(H,23,27). The number of aromatic nitrogens is 1. The van der Waals surface area contributed by atoms with Crippen molar-refractivity contribution in [2.24, 2.45) is 0 Å². The van der Waals surface area contributed by atoms with E-state index in [1.807, 2.05) is 25.1 Å². The van der Waals surface area contributed by atoms with E-state index in [0.717, 1.165) is 44.1 Å². The molecule has 1 aromatic heterocycles. The summed E-state index contributed by atoms with van der Waals surface area (Å²) in [4.78, 5) is 32.3. The van der Waals surface area contributed by atoms with E-state index in [-0.39, 0.29) is 11.7 Å². The lowest BCUT2D eigenvalue weighted by Crippen LogP contribution is -2.43.